The van der Waals surface area contributed by atoms with Crippen LogP contribution in [0.25, 0.3) is 0 Å². The van der Waals surface area contributed by atoms with Gasteiger partial charge in [-0.3, -0.25) is 4.79 Å². The molecule has 1 amide bonds. The van der Waals surface area contributed by atoms with Gasteiger partial charge in [-0.2, -0.15) is 0 Å². The van der Waals surface area contributed by atoms with Crippen molar-refractivity contribution in [2.45, 2.75) is 39.8 Å². The Morgan fingerprint density at radius 1 is 1.30 bits per heavy atom. The Balaban J connectivity index is 2.08. The van der Waals surface area contributed by atoms with E-state index in [9.17, 15) is 4.79 Å². The first-order chi connectivity index (χ1) is 9.30. The molecule has 1 heterocycles. The van der Waals surface area contributed by atoms with Gasteiger partial charge in [0.1, 0.15) is 6.04 Å². The molecule has 0 spiro atoms. The number of benzene rings is 1. The fourth-order valence-corrected chi connectivity index (χ4v) is 2.38. The summed E-state index contributed by atoms with van der Waals surface area (Å²) in [7, 11) is 1.89. The smallest absolute Gasteiger partial charge is 0.246 e. The number of anilines is 2. The molecule has 4 heteroatoms. The highest BCUT2D eigenvalue weighted by Crippen LogP contribution is 2.27. The molecule has 0 saturated heterocycles. The number of nitrogens with zero attached hydrogens (tertiary/aromatic N) is 1. The first-order valence-electron chi connectivity index (χ1n) is 7.17. The van der Waals surface area contributed by atoms with Gasteiger partial charge in [0, 0.05) is 19.6 Å². The van der Waals surface area contributed by atoms with Crippen LogP contribution in [0.15, 0.2) is 24.3 Å². The van der Waals surface area contributed by atoms with Gasteiger partial charge >= 0.3 is 0 Å². The van der Waals surface area contributed by atoms with E-state index in [1.165, 1.54) is 0 Å². The van der Waals surface area contributed by atoms with Crippen LogP contribution in [-0.2, 0) is 4.79 Å². The van der Waals surface area contributed by atoms with Crippen molar-refractivity contribution >= 4 is 17.3 Å². The zero-order valence-electron chi connectivity index (χ0n) is 13.0. The van der Waals surface area contributed by atoms with Crippen LogP contribution in [-0.4, -0.2) is 36.5 Å². The van der Waals surface area contributed by atoms with Crippen LogP contribution < -0.4 is 10.6 Å². The number of carbonyl (C=O) groups excluding carboxylic acids is 1. The predicted molar refractivity (Wildman–Crippen MR) is 84.0 cm³/mol. The fraction of sp³-hybridized carbons (Fsp3) is 0.562. The molecule has 20 heavy (non-hydrogen) atoms. The van der Waals surface area contributed by atoms with Crippen LogP contribution in [0.2, 0.25) is 0 Å². The van der Waals surface area contributed by atoms with E-state index in [1.807, 2.05) is 36.2 Å². The lowest BCUT2D eigenvalue weighted by atomic mass is 9.87. The molecule has 0 aromatic heterocycles. The lowest BCUT2D eigenvalue weighted by molar-refractivity contribution is -0.134. The second kappa shape index (κ2) is 5.35. The summed E-state index contributed by atoms with van der Waals surface area (Å²) in [6, 6.07) is 7.96. The molecular formula is C16H25N3O. The third kappa shape index (κ3) is 2.89. The Morgan fingerprint density at radius 2 is 1.90 bits per heavy atom. The summed E-state index contributed by atoms with van der Waals surface area (Å²) in [6.45, 7) is 9.19. The molecule has 2 rings (SSSR count). The maximum absolute atomic E-state index is 12.6. The lowest BCUT2D eigenvalue weighted by Gasteiger charge is -2.38. The number of amides is 1. The predicted octanol–water partition coefficient (Wildman–Crippen LogP) is 2.79. The van der Waals surface area contributed by atoms with E-state index in [1.54, 1.807) is 0 Å². The van der Waals surface area contributed by atoms with E-state index in [0.717, 1.165) is 11.4 Å². The molecule has 0 aliphatic carbocycles. The summed E-state index contributed by atoms with van der Waals surface area (Å²) < 4.78 is 0. The Morgan fingerprint density at radius 3 is 2.50 bits per heavy atom. The minimum Gasteiger partial charge on any atom is -0.381 e. The second-order valence-electron chi connectivity index (χ2n) is 6.61. The first-order valence-corrected chi connectivity index (χ1v) is 7.17. The highest BCUT2D eigenvalue weighted by Gasteiger charge is 2.32. The molecule has 110 valence electrons. The van der Waals surface area contributed by atoms with Crippen molar-refractivity contribution in [1.29, 1.82) is 0 Å². The number of nitrogens with one attached hydrogen (secondary N) is 2. The molecular weight excluding hydrogens is 250 g/mol. The van der Waals surface area contributed by atoms with E-state index < -0.39 is 0 Å². The molecule has 1 aliphatic rings. The van der Waals surface area contributed by atoms with Crippen LogP contribution >= 0.6 is 0 Å². The van der Waals surface area contributed by atoms with Gasteiger partial charge in [-0.05, 0) is 24.5 Å². The summed E-state index contributed by atoms with van der Waals surface area (Å²) in [5, 5.41) is 6.65. The van der Waals surface area contributed by atoms with E-state index in [2.05, 4.69) is 38.3 Å². The molecule has 2 N–H and O–H groups in total. The number of carbonyl (C=O) groups is 1. The van der Waals surface area contributed by atoms with Crippen molar-refractivity contribution < 1.29 is 4.79 Å². The molecule has 0 fully saturated rings. The molecule has 1 aromatic carbocycles. The maximum atomic E-state index is 12.6. The lowest BCUT2D eigenvalue weighted by Crippen LogP contribution is -2.52. The number of likely N-dealkylation sites (N-methyl/N-ethyl adjacent to an activating group) is 1. The number of hydrogen-bond donors (Lipinski definition) is 2. The molecule has 2 atom stereocenters. The van der Waals surface area contributed by atoms with Crippen molar-refractivity contribution in [2.24, 2.45) is 5.41 Å². The Kier molecular flexibility index (Phi) is 3.93. The molecule has 0 radical (unpaired) electrons. The molecule has 1 aliphatic heterocycles. The van der Waals surface area contributed by atoms with Gasteiger partial charge in [0.25, 0.3) is 0 Å². The molecule has 1 aromatic rings. The largest absolute Gasteiger partial charge is 0.381 e. The minimum absolute atomic E-state index is 0.0738. The normalized spacial score (nSPS) is 19.4. The number of fused-ring (bicyclic) bond motifs is 1. The fourth-order valence-electron chi connectivity index (χ4n) is 2.38. The second-order valence-corrected chi connectivity index (χ2v) is 6.61. The maximum Gasteiger partial charge on any atom is 0.246 e. The average molecular weight is 275 g/mol. The van der Waals surface area contributed by atoms with Gasteiger partial charge in [0.2, 0.25) is 5.91 Å². The zero-order valence-corrected chi connectivity index (χ0v) is 13.0. The topological polar surface area (TPSA) is 44.4 Å². The van der Waals surface area contributed by atoms with Gasteiger partial charge in [0.05, 0.1) is 11.4 Å². The minimum atomic E-state index is -0.209. The molecule has 2 unspecified atom stereocenters. The summed E-state index contributed by atoms with van der Waals surface area (Å²) in [5.41, 5.74) is 2.13. The summed E-state index contributed by atoms with van der Waals surface area (Å²) in [4.78, 5) is 14.5. The van der Waals surface area contributed by atoms with Gasteiger partial charge < -0.3 is 15.5 Å². The van der Waals surface area contributed by atoms with Crippen LogP contribution in [0, 0.1) is 5.41 Å². The standard InChI is InChI=1S/C16H25N3O/c1-11(16(2,3)4)19(5)15(20)14-10-17-12-8-6-7-9-13(12)18-14/h6-9,11,14,17-18H,10H2,1-5H3. The van der Waals surface area contributed by atoms with E-state index >= 15 is 0 Å². The molecule has 0 bridgehead atoms. The highest BCUT2D eigenvalue weighted by molar-refractivity contribution is 5.88. The summed E-state index contributed by atoms with van der Waals surface area (Å²) >= 11 is 0. The van der Waals surface area contributed by atoms with Crippen LogP contribution in [0.4, 0.5) is 11.4 Å². The third-order valence-electron chi connectivity index (χ3n) is 4.23. The molecule has 4 nitrogen and oxygen atoms in total. The Hall–Kier alpha value is -1.71. The van der Waals surface area contributed by atoms with Crippen LogP contribution in [0.5, 0.6) is 0 Å². The summed E-state index contributed by atoms with van der Waals surface area (Å²) in [6.07, 6.45) is 0. The quantitative estimate of drug-likeness (QED) is 0.872. The highest BCUT2D eigenvalue weighted by atomic mass is 16.2. The van der Waals surface area contributed by atoms with E-state index in [4.69, 9.17) is 0 Å². The first kappa shape index (κ1) is 14.7. The van der Waals surface area contributed by atoms with E-state index in [0.29, 0.717) is 6.54 Å². The number of hydrogen-bond acceptors (Lipinski definition) is 3. The van der Waals surface area contributed by atoms with Crippen molar-refractivity contribution in [3.63, 3.8) is 0 Å². The van der Waals surface area contributed by atoms with Gasteiger partial charge in [-0.1, -0.05) is 32.9 Å². The average Bonchev–Trinajstić information content (AvgIpc) is 2.43. The van der Waals surface area contributed by atoms with Crippen LogP contribution in [0.1, 0.15) is 27.7 Å². The van der Waals surface area contributed by atoms with Crippen molar-refractivity contribution in [1.82, 2.24) is 4.90 Å². The van der Waals surface area contributed by atoms with Gasteiger partial charge in [-0.25, -0.2) is 0 Å². The zero-order chi connectivity index (χ0) is 14.9. The SMILES string of the molecule is CC(N(C)C(=O)C1CNc2ccccc2N1)C(C)(C)C. The van der Waals surface area contributed by atoms with Crippen molar-refractivity contribution in [3.05, 3.63) is 24.3 Å². The monoisotopic (exact) mass is 275 g/mol. The summed E-state index contributed by atoms with van der Waals surface area (Å²) in [5.74, 6) is 0.134. The van der Waals surface area contributed by atoms with Gasteiger partial charge in [0.15, 0.2) is 0 Å². The van der Waals surface area contributed by atoms with E-state index in [-0.39, 0.29) is 23.4 Å². The third-order valence-corrected chi connectivity index (χ3v) is 4.23. The van der Waals surface area contributed by atoms with Crippen molar-refractivity contribution in [2.75, 3.05) is 24.2 Å². The van der Waals surface area contributed by atoms with Gasteiger partial charge in [-0.15, -0.1) is 0 Å². The van der Waals surface area contributed by atoms with Crippen molar-refractivity contribution in [3.8, 4) is 0 Å². The number of rotatable bonds is 2. The molecule has 0 saturated carbocycles. The number of para-hydroxylation sites is 2. The Labute approximate surface area is 121 Å². The van der Waals surface area contributed by atoms with Crippen LogP contribution in [0.3, 0.4) is 0 Å². The Bertz CT molecular complexity index is 493.